The van der Waals surface area contributed by atoms with E-state index in [1.807, 2.05) is 36.4 Å². The Morgan fingerprint density at radius 1 is 1.19 bits per heavy atom. The predicted octanol–water partition coefficient (Wildman–Crippen LogP) is 3.65. The zero-order chi connectivity index (χ0) is 18.0. The number of ether oxygens (including phenoxy) is 1. The number of fused-ring (bicyclic) bond motifs is 1. The molecule has 1 amide bonds. The van der Waals surface area contributed by atoms with Crippen LogP contribution in [-0.4, -0.2) is 25.7 Å². The van der Waals surface area contributed by atoms with E-state index in [2.05, 4.69) is 10.6 Å². The normalized spacial score (nSPS) is 25.7. The molecule has 144 valence electrons. The number of piperidine rings is 1. The molecule has 1 heterocycles. The van der Waals surface area contributed by atoms with Crippen molar-refractivity contribution in [3.8, 4) is 0 Å². The highest BCUT2D eigenvalue weighted by Gasteiger charge is 2.65. The van der Waals surface area contributed by atoms with Gasteiger partial charge in [-0.05, 0) is 54.6 Å². The van der Waals surface area contributed by atoms with Gasteiger partial charge in [-0.25, -0.2) is 9.18 Å². The van der Waals surface area contributed by atoms with Gasteiger partial charge in [0.05, 0.1) is 0 Å². The monoisotopic (exact) mass is 390 g/mol. The van der Waals surface area contributed by atoms with Crippen molar-refractivity contribution >= 4 is 18.5 Å². The first-order valence-electron chi connectivity index (χ1n) is 9.11. The van der Waals surface area contributed by atoms with Crippen LogP contribution in [-0.2, 0) is 16.8 Å². The number of amides is 1. The number of hydrogen-bond acceptors (Lipinski definition) is 3. The summed E-state index contributed by atoms with van der Waals surface area (Å²) >= 11 is 0. The molecular weight excluding hydrogens is 367 g/mol. The first-order valence-corrected chi connectivity index (χ1v) is 9.11. The molecule has 2 fully saturated rings. The number of nitrogens with one attached hydrogen (secondary N) is 2. The minimum absolute atomic E-state index is 0. The van der Waals surface area contributed by atoms with Crippen LogP contribution in [0.3, 0.4) is 0 Å². The second-order valence-corrected chi connectivity index (χ2v) is 7.17. The fraction of sp³-hybridized carbons (Fsp3) is 0.381. The molecule has 0 bridgehead atoms. The maximum Gasteiger partial charge on any atom is 0.407 e. The van der Waals surface area contributed by atoms with Gasteiger partial charge in [0.2, 0.25) is 0 Å². The van der Waals surface area contributed by atoms with Crippen LogP contribution in [0.4, 0.5) is 9.18 Å². The molecule has 3 unspecified atom stereocenters. The maximum atomic E-state index is 13.8. The Labute approximate surface area is 164 Å². The number of alkyl carbamates (subject to hydrolysis) is 1. The minimum atomic E-state index is -0.429. The van der Waals surface area contributed by atoms with Crippen LogP contribution in [0.15, 0.2) is 54.6 Å². The van der Waals surface area contributed by atoms with Gasteiger partial charge in [-0.3, -0.25) is 0 Å². The molecule has 2 aromatic carbocycles. The number of hydrogen-bond donors (Lipinski definition) is 2. The van der Waals surface area contributed by atoms with E-state index in [0.717, 1.165) is 30.6 Å². The molecular formula is C21H24ClFN2O2. The Morgan fingerprint density at radius 2 is 2.00 bits per heavy atom. The van der Waals surface area contributed by atoms with Gasteiger partial charge < -0.3 is 15.4 Å². The van der Waals surface area contributed by atoms with Crippen molar-refractivity contribution < 1.29 is 13.9 Å². The average molecular weight is 391 g/mol. The molecule has 4 rings (SSSR count). The van der Waals surface area contributed by atoms with Crippen molar-refractivity contribution in [2.75, 3.05) is 19.6 Å². The van der Waals surface area contributed by atoms with E-state index in [1.54, 1.807) is 12.1 Å². The molecule has 0 radical (unpaired) electrons. The summed E-state index contributed by atoms with van der Waals surface area (Å²) in [5.41, 5.74) is 1.73. The molecule has 1 aliphatic carbocycles. The van der Waals surface area contributed by atoms with Crippen LogP contribution in [0.5, 0.6) is 0 Å². The van der Waals surface area contributed by atoms with Crippen LogP contribution in [0.1, 0.15) is 17.5 Å². The van der Waals surface area contributed by atoms with Gasteiger partial charge in [0.25, 0.3) is 0 Å². The van der Waals surface area contributed by atoms with Gasteiger partial charge in [-0.2, -0.15) is 0 Å². The highest BCUT2D eigenvalue weighted by molar-refractivity contribution is 5.85. The number of benzene rings is 2. The predicted molar refractivity (Wildman–Crippen MR) is 104 cm³/mol. The molecule has 2 N–H and O–H groups in total. The van der Waals surface area contributed by atoms with Gasteiger partial charge in [-0.1, -0.05) is 42.5 Å². The van der Waals surface area contributed by atoms with Crippen LogP contribution in [0, 0.1) is 17.7 Å². The number of rotatable bonds is 5. The average Bonchev–Trinajstić information content (AvgIpc) is 3.34. The molecule has 3 atom stereocenters. The highest BCUT2D eigenvalue weighted by atomic mass is 35.5. The molecule has 1 saturated heterocycles. The Balaban J connectivity index is 0.00000210. The fourth-order valence-electron chi connectivity index (χ4n) is 4.47. The minimum Gasteiger partial charge on any atom is -0.445 e. The van der Waals surface area contributed by atoms with Gasteiger partial charge >= 0.3 is 6.09 Å². The van der Waals surface area contributed by atoms with E-state index in [4.69, 9.17) is 4.74 Å². The second-order valence-electron chi connectivity index (χ2n) is 7.17. The van der Waals surface area contributed by atoms with E-state index in [-0.39, 0.29) is 30.2 Å². The molecule has 27 heavy (non-hydrogen) atoms. The molecule has 1 saturated carbocycles. The van der Waals surface area contributed by atoms with Crippen molar-refractivity contribution in [3.05, 3.63) is 71.5 Å². The summed E-state index contributed by atoms with van der Waals surface area (Å²) in [4.78, 5) is 12.2. The molecule has 6 heteroatoms. The van der Waals surface area contributed by atoms with Crippen LogP contribution in [0.2, 0.25) is 0 Å². The van der Waals surface area contributed by atoms with E-state index in [0.29, 0.717) is 18.4 Å². The lowest BCUT2D eigenvalue weighted by Crippen LogP contribution is -2.35. The lowest BCUT2D eigenvalue weighted by molar-refractivity contribution is 0.138. The van der Waals surface area contributed by atoms with Crippen molar-refractivity contribution in [3.63, 3.8) is 0 Å². The SMILES string of the molecule is Cl.O=C(NCC1(c2cccc(F)c2)C2CCNCC21)OCc1ccccc1. The van der Waals surface area contributed by atoms with Gasteiger partial charge in [0, 0.05) is 12.0 Å². The maximum absolute atomic E-state index is 13.8. The van der Waals surface area contributed by atoms with E-state index < -0.39 is 6.09 Å². The van der Waals surface area contributed by atoms with Crippen molar-refractivity contribution in [1.82, 2.24) is 10.6 Å². The quantitative estimate of drug-likeness (QED) is 0.819. The van der Waals surface area contributed by atoms with E-state index in [1.165, 1.54) is 6.07 Å². The second kappa shape index (κ2) is 8.28. The number of carbonyl (C=O) groups is 1. The number of halogens is 2. The summed E-state index contributed by atoms with van der Waals surface area (Å²) in [5, 5.41) is 6.33. The Hall–Kier alpha value is -2.11. The summed E-state index contributed by atoms with van der Waals surface area (Å²) in [6.07, 6.45) is 0.614. The van der Waals surface area contributed by atoms with Crippen molar-refractivity contribution in [2.24, 2.45) is 11.8 Å². The standard InChI is InChI=1S/C21H23FN2O2.ClH/c22-17-8-4-7-16(11-17)21(18-9-10-23-12-19(18)21)14-24-20(25)26-13-15-5-2-1-3-6-15;/h1-8,11,18-19,23H,9-10,12-14H2,(H,24,25);1H. The summed E-state index contributed by atoms with van der Waals surface area (Å²) < 4.78 is 19.1. The Morgan fingerprint density at radius 3 is 2.70 bits per heavy atom. The van der Waals surface area contributed by atoms with Crippen molar-refractivity contribution in [1.29, 1.82) is 0 Å². The molecule has 1 aliphatic heterocycles. The molecule has 0 aromatic heterocycles. The summed E-state index contributed by atoms with van der Waals surface area (Å²) in [7, 11) is 0. The van der Waals surface area contributed by atoms with Gasteiger partial charge in [0.15, 0.2) is 0 Å². The largest absolute Gasteiger partial charge is 0.445 e. The first-order chi connectivity index (χ1) is 12.7. The topological polar surface area (TPSA) is 50.4 Å². The molecule has 2 aliphatic rings. The Kier molecular flexibility index (Phi) is 6.02. The highest BCUT2D eigenvalue weighted by Crippen LogP contribution is 2.62. The summed E-state index contributed by atoms with van der Waals surface area (Å²) in [6, 6.07) is 16.4. The smallest absolute Gasteiger partial charge is 0.407 e. The van der Waals surface area contributed by atoms with E-state index in [9.17, 15) is 9.18 Å². The zero-order valence-corrected chi connectivity index (χ0v) is 15.8. The molecule has 0 spiro atoms. The number of carbonyl (C=O) groups excluding carboxylic acids is 1. The molecule has 4 nitrogen and oxygen atoms in total. The zero-order valence-electron chi connectivity index (χ0n) is 15.0. The Bertz CT molecular complexity index is 775. The third-order valence-corrected chi connectivity index (χ3v) is 5.80. The third-order valence-electron chi connectivity index (χ3n) is 5.80. The van der Waals surface area contributed by atoms with Crippen molar-refractivity contribution in [2.45, 2.75) is 18.4 Å². The summed E-state index contributed by atoms with van der Waals surface area (Å²) in [5.74, 6) is 0.664. The fourth-order valence-corrected chi connectivity index (χ4v) is 4.47. The lowest BCUT2D eigenvalue weighted by atomic mass is 9.91. The van der Waals surface area contributed by atoms with E-state index >= 15 is 0 Å². The lowest BCUT2D eigenvalue weighted by Gasteiger charge is -2.19. The molecule has 2 aromatic rings. The van der Waals surface area contributed by atoms with Crippen LogP contribution in [0.25, 0.3) is 0 Å². The third kappa shape index (κ3) is 3.94. The summed E-state index contributed by atoms with van der Waals surface area (Å²) in [6.45, 7) is 2.59. The van der Waals surface area contributed by atoms with Crippen LogP contribution >= 0.6 is 12.4 Å². The van der Waals surface area contributed by atoms with Gasteiger partial charge in [0.1, 0.15) is 12.4 Å². The van der Waals surface area contributed by atoms with Crippen LogP contribution < -0.4 is 10.6 Å². The first kappa shape index (κ1) is 19.6. The van der Waals surface area contributed by atoms with Gasteiger partial charge in [-0.15, -0.1) is 12.4 Å².